The van der Waals surface area contributed by atoms with Crippen LogP contribution in [0.15, 0.2) is 0 Å². The minimum atomic E-state index is -0.876. The van der Waals surface area contributed by atoms with Gasteiger partial charge in [-0.3, -0.25) is 4.79 Å². The predicted octanol–water partition coefficient (Wildman–Crippen LogP) is 0.808. The van der Waals surface area contributed by atoms with E-state index < -0.39 is 11.5 Å². The van der Waals surface area contributed by atoms with Crippen LogP contribution in [0.5, 0.6) is 0 Å². The zero-order valence-corrected chi connectivity index (χ0v) is 9.83. The fourth-order valence-corrected chi connectivity index (χ4v) is 1.00. The summed E-state index contributed by atoms with van der Waals surface area (Å²) in [5, 5.41) is 13.7. The van der Waals surface area contributed by atoms with Crippen LogP contribution < -0.4 is 10.6 Å². The summed E-state index contributed by atoms with van der Waals surface area (Å²) in [6, 6.07) is -0.389. The molecule has 0 aliphatic heterocycles. The number of hydrogen-bond acceptors (Lipinski definition) is 2. The van der Waals surface area contributed by atoms with Crippen LogP contribution in [0.1, 0.15) is 27.2 Å². The highest BCUT2D eigenvalue weighted by molar-refractivity contribution is 5.75. The molecule has 3 N–H and O–H groups in total. The van der Waals surface area contributed by atoms with Gasteiger partial charge in [0.05, 0.1) is 5.54 Å². The van der Waals surface area contributed by atoms with Crippen LogP contribution >= 0.6 is 0 Å². The summed E-state index contributed by atoms with van der Waals surface area (Å²) in [6.07, 6.45) is 5.23. The number of terminal acetylenes is 1. The Balaban J connectivity index is 3.91. The molecule has 0 saturated heterocycles. The van der Waals surface area contributed by atoms with Gasteiger partial charge in [-0.05, 0) is 19.8 Å². The van der Waals surface area contributed by atoms with Gasteiger partial charge in [-0.1, -0.05) is 12.8 Å². The normalized spacial score (nSPS) is 12.4. The number of carbonyl (C=O) groups is 2. The van der Waals surface area contributed by atoms with Gasteiger partial charge in [0.25, 0.3) is 0 Å². The predicted molar refractivity (Wildman–Crippen MR) is 60.9 cm³/mol. The molecule has 5 nitrogen and oxygen atoms in total. The molecule has 0 spiro atoms. The van der Waals surface area contributed by atoms with Gasteiger partial charge in [0.15, 0.2) is 0 Å². The molecule has 5 heteroatoms. The van der Waals surface area contributed by atoms with Crippen molar-refractivity contribution >= 4 is 12.0 Å². The fraction of sp³-hybridized carbons (Fsp3) is 0.636. The number of hydrogen-bond donors (Lipinski definition) is 3. The van der Waals surface area contributed by atoms with Crippen LogP contribution in [0.3, 0.4) is 0 Å². The summed E-state index contributed by atoms with van der Waals surface area (Å²) in [5.41, 5.74) is -0.708. The summed E-state index contributed by atoms with van der Waals surface area (Å²) in [5.74, 6) is 1.44. The number of aliphatic carboxylic acids is 1. The number of carboxylic acid groups (broad SMARTS) is 1. The standard InChI is InChI=1S/C11H18N2O3/c1-5-11(3,4)13-10(16)12-7-8(2)6-9(14)15/h1,8H,6-7H2,2-4H3,(H,14,15)(H2,12,13,16). The van der Waals surface area contributed by atoms with Crippen LogP contribution in [0, 0.1) is 18.3 Å². The first-order valence-electron chi connectivity index (χ1n) is 5.02. The highest BCUT2D eigenvalue weighted by atomic mass is 16.4. The van der Waals surface area contributed by atoms with Crippen molar-refractivity contribution in [2.24, 2.45) is 5.92 Å². The van der Waals surface area contributed by atoms with Crippen molar-refractivity contribution in [3.63, 3.8) is 0 Å². The van der Waals surface area contributed by atoms with Crippen LogP contribution in [0.2, 0.25) is 0 Å². The van der Waals surface area contributed by atoms with Crippen LogP contribution in [-0.2, 0) is 4.79 Å². The molecule has 1 atom stereocenters. The molecule has 0 aromatic rings. The summed E-state index contributed by atoms with van der Waals surface area (Å²) < 4.78 is 0. The number of carbonyl (C=O) groups excluding carboxylic acids is 1. The van der Waals surface area contributed by atoms with Crippen molar-refractivity contribution in [3.8, 4) is 12.3 Å². The lowest BCUT2D eigenvalue weighted by Gasteiger charge is -2.20. The smallest absolute Gasteiger partial charge is 0.315 e. The Bertz CT molecular complexity index is 305. The molecule has 0 saturated carbocycles. The minimum absolute atomic E-state index is 0.0266. The van der Waals surface area contributed by atoms with Crippen molar-refractivity contribution in [2.45, 2.75) is 32.7 Å². The van der Waals surface area contributed by atoms with Gasteiger partial charge in [0.2, 0.25) is 0 Å². The Morgan fingerprint density at radius 1 is 1.50 bits per heavy atom. The Morgan fingerprint density at radius 2 is 2.06 bits per heavy atom. The average Bonchev–Trinajstić information content (AvgIpc) is 2.13. The number of urea groups is 1. The minimum Gasteiger partial charge on any atom is -0.481 e. The first-order chi connectivity index (χ1) is 7.26. The molecule has 0 aliphatic carbocycles. The summed E-state index contributed by atoms with van der Waals surface area (Å²) in [7, 11) is 0. The summed E-state index contributed by atoms with van der Waals surface area (Å²) in [4.78, 5) is 21.7. The molecule has 0 radical (unpaired) electrons. The van der Waals surface area contributed by atoms with Crippen molar-refractivity contribution in [1.82, 2.24) is 10.6 Å². The maximum absolute atomic E-state index is 11.3. The fourth-order valence-electron chi connectivity index (χ4n) is 1.00. The van der Waals surface area contributed by atoms with Crippen LogP contribution in [-0.4, -0.2) is 29.2 Å². The van der Waals surface area contributed by atoms with E-state index in [0.717, 1.165) is 0 Å². The Labute approximate surface area is 95.6 Å². The third-order valence-corrected chi connectivity index (χ3v) is 1.92. The molecule has 0 bridgehead atoms. The Kier molecular flexibility index (Phi) is 5.37. The second kappa shape index (κ2) is 6.01. The molecule has 0 aromatic carbocycles. The van der Waals surface area contributed by atoms with E-state index in [0.29, 0.717) is 6.54 Å². The molecule has 1 unspecified atom stereocenters. The number of nitrogens with one attached hydrogen (secondary N) is 2. The highest BCUT2D eigenvalue weighted by Crippen LogP contribution is 2.00. The van der Waals surface area contributed by atoms with Crippen molar-refractivity contribution in [2.75, 3.05) is 6.54 Å². The zero-order chi connectivity index (χ0) is 12.8. The monoisotopic (exact) mass is 226 g/mol. The molecular formula is C11H18N2O3. The Hall–Kier alpha value is -1.70. The van der Waals surface area contributed by atoms with Crippen LogP contribution in [0.25, 0.3) is 0 Å². The molecular weight excluding hydrogens is 208 g/mol. The maximum atomic E-state index is 11.3. The van der Waals surface area contributed by atoms with Crippen molar-refractivity contribution in [3.05, 3.63) is 0 Å². The first kappa shape index (κ1) is 14.3. The van der Waals surface area contributed by atoms with Crippen molar-refractivity contribution < 1.29 is 14.7 Å². The highest BCUT2D eigenvalue weighted by Gasteiger charge is 2.17. The quantitative estimate of drug-likeness (QED) is 0.607. The van der Waals surface area contributed by atoms with Gasteiger partial charge in [-0.25, -0.2) is 4.79 Å². The molecule has 90 valence electrons. The maximum Gasteiger partial charge on any atom is 0.315 e. The van der Waals surface area contributed by atoms with E-state index in [1.165, 1.54) is 0 Å². The average molecular weight is 226 g/mol. The van der Waals surface area contributed by atoms with Gasteiger partial charge in [0.1, 0.15) is 0 Å². The number of rotatable bonds is 5. The summed E-state index contributed by atoms with van der Waals surface area (Å²) in [6.45, 7) is 5.46. The summed E-state index contributed by atoms with van der Waals surface area (Å²) >= 11 is 0. The van der Waals surface area contributed by atoms with Gasteiger partial charge in [0, 0.05) is 13.0 Å². The number of carboxylic acids is 1. The molecule has 0 heterocycles. The van der Waals surface area contributed by atoms with Gasteiger partial charge >= 0.3 is 12.0 Å². The second-order valence-corrected chi connectivity index (χ2v) is 4.31. The van der Waals surface area contributed by atoms with E-state index in [1.807, 2.05) is 0 Å². The lowest BCUT2D eigenvalue weighted by atomic mass is 10.1. The first-order valence-corrected chi connectivity index (χ1v) is 5.02. The molecule has 16 heavy (non-hydrogen) atoms. The van der Waals surface area contributed by atoms with E-state index in [2.05, 4.69) is 16.6 Å². The van der Waals surface area contributed by atoms with Crippen molar-refractivity contribution in [1.29, 1.82) is 0 Å². The molecule has 0 aliphatic rings. The van der Waals surface area contributed by atoms with Gasteiger partial charge < -0.3 is 15.7 Å². The van der Waals surface area contributed by atoms with E-state index in [-0.39, 0.29) is 18.4 Å². The van der Waals surface area contributed by atoms with E-state index in [9.17, 15) is 9.59 Å². The topological polar surface area (TPSA) is 78.4 Å². The van der Waals surface area contributed by atoms with Crippen LogP contribution in [0.4, 0.5) is 4.79 Å². The second-order valence-electron chi connectivity index (χ2n) is 4.31. The Morgan fingerprint density at radius 3 is 2.50 bits per heavy atom. The lowest BCUT2D eigenvalue weighted by Crippen LogP contribution is -2.48. The van der Waals surface area contributed by atoms with E-state index in [4.69, 9.17) is 11.5 Å². The largest absolute Gasteiger partial charge is 0.481 e. The van der Waals surface area contributed by atoms with E-state index >= 15 is 0 Å². The SMILES string of the molecule is C#CC(C)(C)NC(=O)NCC(C)CC(=O)O. The van der Waals surface area contributed by atoms with Gasteiger partial charge in [-0.2, -0.15) is 0 Å². The molecule has 0 fully saturated rings. The number of amides is 2. The third kappa shape index (κ3) is 6.71. The third-order valence-electron chi connectivity index (χ3n) is 1.92. The molecule has 0 rings (SSSR count). The molecule has 0 aromatic heterocycles. The van der Waals surface area contributed by atoms with Gasteiger partial charge in [-0.15, -0.1) is 6.42 Å². The van der Waals surface area contributed by atoms with E-state index in [1.54, 1.807) is 20.8 Å². The zero-order valence-electron chi connectivity index (χ0n) is 9.83. The lowest BCUT2D eigenvalue weighted by molar-refractivity contribution is -0.137. The molecule has 2 amide bonds.